The van der Waals surface area contributed by atoms with Crippen molar-refractivity contribution in [2.45, 2.75) is 13.3 Å². The van der Waals surface area contributed by atoms with Gasteiger partial charge in [0.05, 0.1) is 12.3 Å². The molecule has 1 saturated heterocycles. The smallest absolute Gasteiger partial charge is 0.265 e. The van der Waals surface area contributed by atoms with E-state index in [1.807, 2.05) is 0 Å². The van der Waals surface area contributed by atoms with Gasteiger partial charge in [-0.15, -0.1) is 0 Å². The van der Waals surface area contributed by atoms with Crippen LogP contribution in [0.15, 0.2) is 18.2 Å². The molecule has 2 aliphatic heterocycles. The standard InChI is InChI=1S/C19H25N3O5/c1-2-16(24)14-3-4-17-15(11-14)22(19(26)13-27-17)12-18(25)21-7-5-20(6-8-21)9-10-23/h3-4,11,23H,2,5-10,12-13H2,1H3. The van der Waals surface area contributed by atoms with Crippen molar-refractivity contribution in [1.29, 1.82) is 0 Å². The Hall–Kier alpha value is -2.45. The van der Waals surface area contributed by atoms with Gasteiger partial charge in [-0.05, 0) is 18.2 Å². The summed E-state index contributed by atoms with van der Waals surface area (Å²) in [5, 5.41) is 9.01. The number of anilines is 1. The van der Waals surface area contributed by atoms with Crippen LogP contribution < -0.4 is 9.64 Å². The number of hydrogen-bond acceptors (Lipinski definition) is 6. The normalized spacial score (nSPS) is 17.5. The van der Waals surface area contributed by atoms with E-state index in [4.69, 9.17) is 9.84 Å². The lowest BCUT2D eigenvalue weighted by Crippen LogP contribution is -2.53. The first-order valence-corrected chi connectivity index (χ1v) is 9.25. The van der Waals surface area contributed by atoms with Gasteiger partial charge in [0, 0.05) is 44.7 Å². The number of rotatable bonds is 6. The topological polar surface area (TPSA) is 90.4 Å². The molecule has 0 spiro atoms. The molecule has 1 N–H and O–H groups in total. The molecule has 1 aromatic carbocycles. The lowest BCUT2D eigenvalue weighted by molar-refractivity contribution is -0.133. The van der Waals surface area contributed by atoms with Crippen molar-refractivity contribution in [1.82, 2.24) is 9.80 Å². The predicted molar refractivity (Wildman–Crippen MR) is 99.0 cm³/mol. The van der Waals surface area contributed by atoms with Gasteiger partial charge in [-0.3, -0.25) is 24.2 Å². The molecule has 0 atom stereocenters. The molecule has 0 bridgehead atoms. The fraction of sp³-hybridized carbons (Fsp3) is 0.526. The lowest BCUT2D eigenvalue weighted by atomic mass is 10.1. The highest BCUT2D eigenvalue weighted by Gasteiger charge is 2.30. The Bertz CT molecular complexity index is 728. The summed E-state index contributed by atoms with van der Waals surface area (Å²) in [4.78, 5) is 42.3. The number of amides is 2. The summed E-state index contributed by atoms with van der Waals surface area (Å²) in [6.07, 6.45) is 0.366. The number of Topliss-reactive ketones (excluding diaryl/α,β-unsaturated/α-hetero) is 1. The zero-order valence-electron chi connectivity index (χ0n) is 15.5. The SMILES string of the molecule is CCC(=O)c1ccc2c(c1)N(CC(=O)N1CCN(CCO)CC1)C(=O)CO2. The van der Waals surface area contributed by atoms with E-state index < -0.39 is 0 Å². The molecule has 2 amide bonds. The third-order valence-corrected chi connectivity index (χ3v) is 4.98. The van der Waals surface area contributed by atoms with E-state index in [-0.39, 0.29) is 37.4 Å². The van der Waals surface area contributed by atoms with Gasteiger partial charge in [-0.2, -0.15) is 0 Å². The summed E-state index contributed by atoms with van der Waals surface area (Å²) in [5.41, 5.74) is 0.974. The maximum absolute atomic E-state index is 12.7. The number of piperazine rings is 1. The Balaban J connectivity index is 1.72. The van der Waals surface area contributed by atoms with Crippen LogP contribution in [0.3, 0.4) is 0 Å². The monoisotopic (exact) mass is 375 g/mol. The number of aliphatic hydroxyl groups is 1. The van der Waals surface area contributed by atoms with Gasteiger partial charge in [0.2, 0.25) is 5.91 Å². The number of nitrogens with zero attached hydrogens (tertiary/aromatic N) is 3. The van der Waals surface area contributed by atoms with E-state index in [9.17, 15) is 14.4 Å². The lowest BCUT2D eigenvalue weighted by Gasteiger charge is -2.36. The Kier molecular flexibility index (Phi) is 6.08. The van der Waals surface area contributed by atoms with E-state index in [1.54, 1.807) is 30.0 Å². The van der Waals surface area contributed by atoms with Gasteiger partial charge < -0.3 is 14.7 Å². The van der Waals surface area contributed by atoms with Crippen LogP contribution in [0, 0.1) is 0 Å². The van der Waals surface area contributed by atoms with Gasteiger partial charge in [0.1, 0.15) is 12.3 Å². The van der Waals surface area contributed by atoms with Gasteiger partial charge in [-0.1, -0.05) is 6.92 Å². The van der Waals surface area contributed by atoms with Gasteiger partial charge >= 0.3 is 0 Å². The molecule has 1 fully saturated rings. The van der Waals surface area contributed by atoms with E-state index >= 15 is 0 Å². The van der Waals surface area contributed by atoms with Gasteiger partial charge in [0.15, 0.2) is 12.4 Å². The molecule has 0 radical (unpaired) electrons. The molecule has 27 heavy (non-hydrogen) atoms. The van der Waals surface area contributed by atoms with Crippen LogP contribution in [-0.2, 0) is 9.59 Å². The second-order valence-corrected chi connectivity index (χ2v) is 6.67. The third kappa shape index (κ3) is 4.28. The second kappa shape index (κ2) is 8.49. The molecule has 0 aromatic heterocycles. The van der Waals surface area contributed by atoms with Crippen LogP contribution in [0.1, 0.15) is 23.7 Å². The first-order valence-electron chi connectivity index (χ1n) is 9.25. The highest BCUT2D eigenvalue weighted by atomic mass is 16.5. The van der Waals surface area contributed by atoms with Crippen molar-refractivity contribution >= 4 is 23.3 Å². The predicted octanol–water partition coefficient (Wildman–Crippen LogP) is 0.141. The molecule has 2 heterocycles. The minimum atomic E-state index is -0.295. The molecular weight excluding hydrogens is 350 g/mol. The Labute approximate surface area is 158 Å². The summed E-state index contributed by atoms with van der Waals surface area (Å²) in [6, 6.07) is 4.99. The van der Waals surface area contributed by atoms with Crippen molar-refractivity contribution in [3.05, 3.63) is 23.8 Å². The summed E-state index contributed by atoms with van der Waals surface area (Å²) >= 11 is 0. The quantitative estimate of drug-likeness (QED) is 0.712. The van der Waals surface area contributed by atoms with E-state index in [2.05, 4.69) is 4.90 Å². The number of ether oxygens (including phenoxy) is 1. The van der Waals surface area contributed by atoms with Crippen molar-refractivity contribution < 1.29 is 24.2 Å². The van der Waals surface area contributed by atoms with E-state index in [0.29, 0.717) is 56.1 Å². The van der Waals surface area contributed by atoms with Crippen molar-refractivity contribution in [2.75, 3.05) is 57.4 Å². The molecule has 8 heteroatoms. The van der Waals surface area contributed by atoms with E-state index in [1.165, 1.54) is 4.90 Å². The maximum atomic E-state index is 12.7. The zero-order chi connectivity index (χ0) is 19.4. The first kappa shape index (κ1) is 19.3. The maximum Gasteiger partial charge on any atom is 0.265 e. The highest BCUT2D eigenvalue weighted by Crippen LogP contribution is 2.33. The van der Waals surface area contributed by atoms with Crippen molar-refractivity contribution in [2.24, 2.45) is 0 Å². The van der Waals surface area contributed by atoms with E-state index in [0.717, 1.165) is 0 Å². The summed E-state index contributed by atoms with van der Waals surface area (Å²) in [5.74, 6) is 0.0489. The molecule has 2 aliphatic rings. The minimum Gasteiger partial charge on any atom is -0.482 e. The average molecular weight is 375 g/mol. The van der Waals surface area contributed by atoms with Crippen molar-refractivity contribution in [3.63, 3.8) is 0 Å². The summed E-state index contributed by atoms with van der Waals surface area (Å²) < 4.78 is 5.44. The summed E-state index contributed by atoms with van der Waals surface area (Å²) in [7, 11) is 0. The molecule has 0 saturated carbocycles. The Morgan fingerprint density at radius 2 is 1.93 bits per heavy atom. The number of carbonyl (C=O) groups excluding carboxylic acids is 3. The van der Waals surface area contributed by atoms with Crippen LogP contribution in [0.5, 0.6) is 5.75 Å². The molecule has 0 unspecified atom stereocenters. The fourth-order valence-corrected chi connectivity index (χ4v) is 3.35. The first-order chi connectivity index (χ1) is 13.0. The highest BCUT2D eigenvalue weighted by molar-refractivity contribution is 6.04. The molecule has 0 aliphatic carbocycles. The molecule has 3 rings (SSSR count). The van der Waals surface area contributed by atoms with Gasteiger partial charge in [-0.25, -0.2) is 0 Å². The largest absolute Gasteiger partial charge is 0.482 e. The molecule has 146 valence electrons. The number of β-amino-alcohol motifs (C(OH)–C–C–N with tert-alkyl or cyclic N) is 1. The fourth-order valence-electron chi connectivity index (χ4n) is 3.35. The zero-order valence-corrected chi connectivity index (χ0v) is 15.5. The number of fused-ring (bicyclic) bond motifs is 1. The minimum absolute atomic E-state index is 0.0258. The van der Waals surface area contributed by atoms with Crippen LogP contribution >= 0.6 is 0 Å². The van der Waals surface area contributed by atoms with Crippen molar-refractivity contribution in [3.8, 4) is 5.75 Å². The number of benzene rings is 1. The number of ketones is 1. The molecular formula is C19H25N3O5. The number of carbonyl (C=O) groups is 3. The molecule has 8 nitrogen and oxygen atoms in total. The summed E-state index contributed by atoms with van der Waals surface area (Å²) in [6.45, 7) is 4.84. The number of hydrogen-bond donors (Lipinski definition) is 1. The molecule has 1 aromatic rings. The van der Waals surface area contributed by atoms with Crippen LogP contribution in [-0.4, -0.2) is 85.0 Å². The Morgan fingerprint density at radius 3 is 2.59 bits per heavy atom. The van der Waals surface area contributed by atoms with Crippen LogP contribution in [0.25, 0.3) is 0 Å². The van der Waals surface area contributed by atoms with Crippen LogP contribution in [0.2, 0.25) is 0 Å². The third-order valence-electron chi connectivity index (χ3n) is 4.98. The average Bonchev–Trinajstić information content (AvgIpc) is 2.70. The second-order valence-electron chi connectivity index (χ2n) is 6.67. The number of aliphatic hydroxyl groups excluding tert-OH is 1. The van der Waals surface area contributed by atoms with Gasteiger partial charge in [0.25, 0.3) is 5.91 Å². The Morgan fingerprint density at radius 1 is 1.19 bits per heavy atom. The van der Waals surface area contributed by atoms with Crippen LogP contribution in [0.4, 0.5) is 5.69 Å².